The first-order valence-electron chi connectivity index (χ1n) is 3.25. The van der Waals surface area contributed by atoms with Gasteiger partial charge in [0, 0.05) is 6.20 Å². The molecule has 1 rings (SSSR count). The second-order valence-electron chi connectivity index (χ2n) is 2.17. The van der Waals surface area contributed by atoms with E-state index in [1.807, 2.05) is 12.1 Å². The molecule has 12 heavy (non-hydrogen) atoms. The van der Waals surface area contributed by atoms with Crippen molar-refractivity contribution in [2.75, 3.05) is 0 Å². The third-order valence-electron chi connectivity index (χ3n) is 1.40. The quantitative estimate of drug-likeness (QED) is 0.565. The molecule has 3 heteroatoms. The first kappa shape index (κ1) is 7.92. The van der Waals surface area contributed by atoms with Gasteiger partial charge in [-0.2, -0.15) is 10.5 Å². The zero-order valence-corrected chi connectivity index (χ0v) is 6.28. The van der Waals surface area contributed by atoms with Crippen LogP contribution in [0.1, 0.15) is 11.3 Å². The maximum absolute atomic E-state index is 8.61. The number of aromatic nitrogens is 1. The van der Waals surface area contributed by atoms with Gasteiger partial charge in [-0.05, 0) is 6.07 Å². The summed E-state index contributed by atoms with van der Waals surface area (Å²) in [5.74, 6) is 2.40. The van der Waals surface area contributed by atoms with Crippen LogP contribution in [0.4, 0.5) is 0 Å². The Morgan fingerprint density at radius 2 is 2.17 bits per heavy atom. The van der Waals surface area contributed by atoms with E-state index in [4.69, 9.17) is 16.9 Å². The third kappa shape index (κ3) is 1.29. The average Bonchev–Trinajstić information content (AvgIpc) is 2.48. The number of hydrogen-bond donors (Lipinski definition) is 0. The maximum atomic E-state index is 8.61. The predicted molar refractivity (Wildman–Crippen MR) is 42.7 cm³/mol. The van der Waals surface area contributed by atoms with E-state index in [-0.39, 0.29) is 0 Å². The van der Waals surface area contributed by atoms with Crippen molar-refractivity contribution in [3.05, 3.63) is 23.5 Å². The summed E-state index contributed by atoms with van der Waals surface area (Å²) in [5, 5.41) is 17.1. The molecule has 0 saturated heterocycles. The third-order valence-corrected chi connectivity index (χ3v) is 1.40. The summed E-state index contributed by atoms with van der Waals surface area (Å²) in [6, 6.07) is 5.40. The molecule has 0 fully saturated rings. The van der Waals surface area contributed by atoms with Gasteiger partial charge < -0.3 is 4.57 Å². The molecule has 0 aliphatic rings. The summed E-state index contributed by atoms with van der Waals surface area (Å²) < 4.78 is 1.57. The molecule has 0 spiro atoms. The van der Waals surface area contributed by atoms with Gasteiger partial charge in [0.1, 0.15) is 17.8 Å². The lowest BCUT2D eigenvalue weighted by atomic mass is 10.3. The van der Waals surface area contributed by atoms with Gasteiger partial charge in [-0.1, -0.05) is 5.92 Å². The molecule has 0 aliphatic carbocycles. The van der Waals surface area contributed by atoms with E-state index in [2.05, 4.69) is 5.92 Å². The van der Waals surface area contributed by atoms with E-state index < -0.39 is 0 Å². The largest absolute Gasteiger partial charge is 0.326 e. The first-order chi connectivity index (χ1) is 5.81. The lowest BCUT2D eigenvalue weighted by molar-refractivity contribution is 0.835. The van der Waals surface area contributed by atoms with Crippen molar-refractivity contribution in [1.29, 1.82) is 10.5 Å². The maximum Gasteiger partial charge on any atom is 0.122 e. The van der Waals surface area contributed by atoms with Gasteiger partial charge in [-0.15, -0.1) is 6.42 Å². The van der Waals surface area contributed by atoms with Crippen LogP contribution in [-0.2, 0) is 6.54 Å². The number of hydrogen-bond acceptors (Lipinski definition) is 2. The molecule has 56 valence electrons. The number of nitrogens with zero attached hydrogens (tertiary/aromatic N) is 3. The molecule has 1 heterocycles. The summed E-state index contributed by atoms with van der Waals surface area (Å²) in [7, 11) is 0. The van der Waals surface area contributed by atoms with Crippen LogP contribution >= 0.6 is 0 Å². The summed E-state index contributed by atoms with van der Waals surface area (Å²) in [6.45, 7) is 0.324. The fraction of sp³-hybridized carbons (Fsp3) is 0.111. The molecule has 0 N–H and O–H groups in total. The Labute approximate surface area is 70.5 Å². The Kier molecular flexibility index (Phi) is 2.17. The van der Waals surface area contributed by atoms with E-state index in [9.17, 15) is 0 Å². The highest BCUT2D eigenvalue weighted by Gasteiger charge is 2.02. The van der Waals surface area contributed by atoms with E-state index in [0.717, 1.165) is 0 Å². The predicted octanol–water partition coefficient (Wildman–Crippen LogP) is 0.865. The van der Waals surface area contributed by atoms with Crippen LogP contribution in [0.3, 0.4) is 0 Å². The Bertz CT molecular complexity index is 406. The Morgan fingerprint density at radius 3 is 2.67 bits per heavy atom. The van der Waals surface area contributed by atoms with Crippen molar-refractivity contribution in [2.45, 2.75) is 6.54 Å². The van der Waals surface area contributed by atoms with Crippen LogP contribution in [0, 0.1) is 35.0 Å². The minimum atomic E-state index is 0.324. The second kappa shape index (κ2) is 3.28. The number of terminal acetylenes is 1. The molecule has 0 unspecified atom stereocenters. The summed E-state index contributed by atoms with van der Waals surface area (Å²) in [5.41, 5.74) is 0.881. The lowest BCUT2D eigenvalue weighted by Gasteiger charge is -1.94. The Hall–Kier alpha value is -2.18. The molecule has 0 saturated carbocycles. The standard InChI is InChI=1S/C9H5N3/c1-2-3-12-7-8(5-10)4-9(12)6-11/h1,4,7H,3H2. The van der Waals surface area contributed by atoms with E-state index in [1.54, 1.807) is 10.8 Å². The van der Waals surface area contributed by atoms with Gasteiger partial charge in [0.15, 0.2) is 0 Å². The van der Waals surface area contributed by atoms with Crippen molar-refractivity contribution >= 4 is 0 Å². The van der Waals surface area contributed by atoms with Crippen LogP contribution in [0.5, 0.6) is 0 Å². The normalized spacial score (nSPS) is 8.08. The van der Waals surface area contributed by atoms with Crippen LogP contribution in [-0.4, -0.2) is 4.57 Å². The monoisotopic (exact) mass is 155 g/mol. The van der Waals surface area contributed by atoms with Gasteiger partial charge in [-0.25, -0.2) is 0 Å². The minimum absolute atomic E-state index is 0.324. The number of nitriles is 2. The molecule has 0 radical (unpaired) electrons. The van der Waals surface area contributed by atoms with Gasteiger partial charge in [0.25, 0.3) is 0 Å². The topological polar surface area (TPSA) is 52.5 Å². The van der Waals surface area contributed by atoms with Crippen LogP contribution in [0.2, 0.25) is 0 Å². The van der Waals surface area contributed by atoms with Crippen LogP contribution in [0.15, 0.2) is 12.3 Å². The second-order valence-corrected chi connectivity index (χ2v) is 2.17. The zero-order valence-electron chi connectivity index (χ0n) is 6.28. The lowest BCUT2D eigenvalue weighted by Crippen LogP contribution is -1.95. The van der Waals surface area contributed by atoms with Gasteiger partial charge in [-0.3, -0.25) is 0 Å². The molecule has 3 nitrogen and oxygen atoms in total. The van der Waals surface area contributed by atoms with Crippen molar-refractivity contribution in [2.24, 2.45) is 0 Å². The SMILES string of the molecule is C#CCn1cc(C#N)cc1C#N. The molecule has 1 aromatic rings. The van der Waals surface area contributed by atoms with E-state index >= 15 is 0 Å². The molecule has 0 amide bonds. The van der Waals surface area contributed by atoms with Gasteiger partial charge in [0.05, 0.1) is 12.1 Å². The van der Waals surface area contributed by atoms with Crippen molar-refractivity contribution in [3.8, 4) is 24.5 Å². The van der Waals surface area contributed by atoms with Crippen LogP contribution in [0.25, 0.3) is 0 Å². The minimum Gasteiger partial charge on any atom is -0.326 e. The summed E-state index contributed by atoms with van der Waals surface area (Å²) in [4.78, 5) is 0. The molecule has 0 bridgehead atoms. The number of rotatable bonds is 1. The van der Waals surface area contributed by atoms with Crippen molar-refractivity contribution < 1.29 is 0 Å². The Morgan fingerprint density at radius 1 is 1.42 bits per heavy atom. The highest BCUT2D eigenvalue weighted by atomic mass is 15.0. The fourth-order valence-corrected chi connectivity index (χ4v) is 0.892. The zero-order chi connectivity index (χ0) is 8.97. The van der Waals surface area contributed by atoms with Crippen LogP contribution < -0.4 is 0 Å². The fourth-order valence-electron chi connectivity index (χ4n) is 0.892. The van der Waals surface area contributed by atoms with Crippen molar-refractivity contribution in [1.82, 2.24) is 4.57 Å². The molecule has 1 aromatic heterocycles. The average molecular weight is 155 g/mol. The Balaban J connectivity index is 3.14. The van der Waals surface area contributed by atoms with Crippen molar-refractivity contribution in [3.63, 3.8) is 0 Å². The molecule has 0 aliphatic heterocycles. The van der Waals surface area contributed by atoms with Gasteiger partial charge >= 0.3 is 0 Å². The summed E-state index contributed by atoms with van der Waals surface area (Å²) >= 11 is 0. The van der Waals surface area contributed by atoms with E-state index in [0.29, 0.717) is 17.8 Å². The first-order valence-corrected chi connectivity index (χ1v) is 3.25. The molecular weight excluding hydrogens is 150 g/mol. The van der Waals surface area contributed by atoms with Gasteiger partial charge in [0.2, 0.25) is 0 Å². The smallest absolute Gasteiger partial charge is 0.122 e. The molecular formula is C9H5N3. The summed E-state index contributed by atoms with van der Waals surface area (Å²) in [6.07, 6.45) is 6.64. The highest BCUT2D eigenvalue weighted by molar-refractivity contribution is 5.36. The molecule has 0 atom stereocenters. The van der Waals surface area contributed by atoms with E-state index in [1.165, 1.54) is 6.07 Å². The highest BCUT2D eigenvalue weighted by Crippen LogP contribution is 2.05. The molecule has 0 aromatic carbocycles.